The molecular formula is C12H14N4O9S2. The van der Waals surface area contributed by atoms with E-state index in [0.29, 0.717) is 9.58 Å². The van der Waals surface area contributed by atoms with E-state index in [0.717, 1.165) is 14.0 Å². The van der Waals surface area contributed by atoms with Crippen LogP contribution in [-0.4, -0.2) is 75.4 Å². The summed E-state index contributed by atoms with van der Waals surface area (Å²) in [5, 5.41) is 9.03. The number of nitrogens with zero attached hydrogens (tertiary/aromatic N) is 3. The molecule has 0 spiro atoms. The number of hydrogen-bond acceptors (Lipinski definition) is 9. The number of aryl methyl sites for hydroxylation is 1. The maximum atomic E-state index is 12.8. The summed E-state index contributed by atoms with van der Waals surface area (Å²) in [5.41, 5.74) is -2.59. The van der Waals surface area contributed by atoms with Crippen molar-refractivity contribution in [2.24, 2.45) is 7.05 Å². The van der Waals surface area contributed by atoms with Crippen molar-refractivity contribution in [1.29, 1.82) is 0 Å². The Morgan fingerprint density at radius 3 is 2.48 bits per heavy atom. The summed E-state index contributed by atoms with van der Waals surface area (Å²) in [6, 6.07) is -1.91. The van der Waals surface area contributed by atoms with Crippen molar-refractivity contribution < 1.29 is 31.5 Å². The molecule has 0 aromatic carbocycles. The molecule has 1 aromatic heterocycles. The lowest BCUT2D eigenvalue weighted by molar-refractivity contribution is -0.157. The topological polar surface area (TPSA) is 194 Å². The van der Waals surface area contributed by atoms with Gasteiger partial charge in [-0.3, -0.25) is 24.2 Å². The van der Waals surface area contributed by atoms with Crippen LogP contribution < -0.4 is 11.1 Å². The van der Waals surface area contributed by atoms with Gasteiger partial charge < -0.3 is 10.0 Å². The summed E-state index contributed by atoms with van der Waals surface area (Å²) < 4.78 is 49.3. The molecule has 2 aliphatic heterocycles. The summed E-state index contributed by atoms with van der Waals surface area (Å²) in [6.07, 6.45) is -0.433. The molecule has 0 unspecified atom stereocenters. The number of carboxylic acid groups (broad SMARTS) is 1. The van der Waals surface area contributed by atoms with Crippen molar-refractivity contribution >= 4 is 31.6 Å². The van der Waals surface area contributed by atoms with E-state index >= 15 is 0 Å². The SMILES string of the molecule is Cn1[nH]c(=O)c(=O)nc1S(=O)(=O)C[C@@]1(C)[C@H](C(=O)O)N2C(=O)C[C@H]2S1(=O)=O. The predicted octanol–water partition coefficient (Wildman–Crippen LogP) is -3.56. The quantitative estimate of drug-likeness (QED) is 0.362. The Hall–Kier alpha value is -2.55. The number of sulfone groups is 2. The monoisotopic (exact) mass is 422 g/mol. The number of H-pyrrole nitrogens is 1. The van der Waals surface area contributed by atoms with Gasteiger partial charge in [0.1, 0.15) is 10.1 Å². The van der Waals surface area contributed by atoms with Gasteiger partial charge in [-0.15, -0.1) is 0 Å². The molecule has 0 radical (unpaired) electrons. The fourth-order valence-corrected chi connectivity index (χ4v) is 8.35. The zero-order valence-corrected chi connectivity index (χ0v) is 15.6. The molecule has 1 amide bonds. The van der Waals surface area contributed by atoms with E-state index in [1.54, 1.807) is 0 Å². The summed E-state index contributed by atoms with van der Waals surface area (Å²) in [5.74, 6) is -3.63. The maximum Gasteiger partial charge on any atom is 0.339 e. The number of aliphatic carboxylic acids is 1. The van der Waals surface area contributed by atoms with Crippen LogP contribution in [0.25, 0.3) is 0 Å². The van der Waals surface area contributed by atoms with Gasteiger partial charge in [0.05, 0.1) is 12.2 Å². The smallest absolute Gasteiger partial charge is 0.339 e. The van der Waals surface area contributed by atoms with Crippen LogP contribution in [0.5, 0.6) is 0 Å². The Bertz CT molecular complexity index is 1200. The molecule has 2 fully saturated rings. The third kappa shape index (κ3) is 2.44. The van der Waals surface area contributed by atoms with Crippen LogP contribution in [0.3, 0.4) is 0 Å². The van der Waals surface area contributed by atoms with Crippen molar-refractivity contribution in [3.8, 4) is 0 Å². The second kappa shape index (κ2) is 5.48. The number of carbonyl (C=O) groups is 2. The van der Waals surface area contributed by atoms with Crippen LogP contribution in [0.15, 0.2) is 14.7 Å². The van der Waals surface area contributed by atoms with Gasteiger partial charge in [-0.2, -0.15) is 4.98 Å². The Morgan fingerprint density at radius 1 is 1.37 bits per heavy atom. The molecule has 0 saturated carbocycles. The first-order valence-corrected chi connectivity index (χ1v) is 10.6. The van der Waals surface area contributed by atoms with Crippen molar-refractivity contribution in [3.05, 3.63) is 20.7 Å². The Kier molecular flexibility index (Phi) is 3.90. The highest BCUT2D eigenvalue weighted by Crippen LogP contribution is 2.47. The van der Waals surface area contributed by atoms with E-state index in [9.17, 15) is 41.1 Å². The van der Waals surface area contributed by atoms with Crippen LogP contribution in [0, 0.1) is 0 Å². The minimum Gasteiger partial charge on any atom is -0.480 e. The highest BCUT2D eigenvalue weighted by atomic mass is 32.2. The lowest BCUT2D eigenvalue weighted by atomic mass is 9.98. The standard InChI is InChI=1S/C12H14N4O9S2/c1-12(4-26(22,23)11-13-8(18)9(19)14-15(11)2)7(10(20)21)16-5(17)3-6(16)27(12,24)25/h6-7H,3-4H2,1-2H3,(H,14,19)(H,20,21)/t6-,7+,12+/m1/s1. The molecule has 13 nitrogen and oxygen atoms in total. The average Bonchev–Trinajstić information content (AvgIpc) is 2.64. The number of amides is 1. The Labute approximate surface area is 151 Å². The molecule has 0 bridgehead atoms. The summed E-state index contributed by atoms with van der Waals surface area (Å²) in [4.78, 5) is 49.8. The van der Waals surface area contributed by atoms with Gasteiger partial charge in [-0.25, -0.2) is 21.6 Å². The van der Waals surface area contributed by atoms with Crippen molar-refractivity contribution in [2.45, 2.75) is 34.7 Å². The average molecular weight is 422 g/mol. The predicted molar refractivity (Wildman–Crippen MR) is 86.2 cm³/mol. The van der Waals surface area contributed by atoms with Gasteiger partial charge in [0.25, 0.3) is 0 Å². The molecule has 27 heavy (non-hydrogen) atoms. The molecule has 3 atom stereocenters. The van der Waals surface area contributed by atoms with E-state index in [4.69, 9.17) is 0 Å². The fraction of sp³-hybridized carbons (Fsp3) is 0.583. The lowest BCUT2D eigenvalue weighted by Crippen LogP contribution is -2.58. The van der Waals surface area contributed by atoms with Crippen LogP contribution in [-0.2, 0) is 36.3 Å². The van der Waals surface area contributed by atoms with E-state index in [1.165, 1.54) is 0 Å². The number of carboxylic acids is 1. The summed E-state index contributed by atoms with van der Waals surface area (Å²) in [6.45, 7) is 0.925. The Morgan fingerprint density at radius 2 is 1.96 bits per heavy atom. The molecule has 15 heteroatoms. The van der Waals surface area contributed by atoms with Gasteiger partial charge in [0.15, 0.2) is 15.9 Å². The van der Waals surface area contributed by atoms with Crippen molar-refractivity contribution in [1.82, 2.24) is 19.7 Å². The first kappa shape index (κ1) is 19.2. The van der Waals surface area contributed by atoms with Gasteiger partial charge >= 0.3 is 17.1 Å². The normalized spacial score (nSPS) is 29.3. The van der Waals surface area contributed by atoms with E-state index in [2.05, 4.69) is 4.98 Å². The number of aromatic nitrogens is 3. The third-order valence-electron chi connectivity index (χ3n) is 4.75. The number of rotatable bonds is 4. The molecule has 2 aliphatic rings. The minimum atomic E-state index is -4.64. The van der Waals surface area contributed by atoms with Crippen molar-refractivity contribution in [2.75, 3.05) is 5.75 Å². The molecule has 1 aromatic rings. The van der Waals surface area contributed by atoms with Crippen LogP contribution in [0.4, 0.5) is 0 Å². The van der Waals surface area contributed by atoms with Crippen LogP contribution in [0.2, 0.25) is 0 Å². The van der Waals surface area contributed by atoms with E-state index < -0.39 is 76.2 Å². The van der Waals surface area contributed by atoms with Crippen LogP contribution >= 0.6 is 0 Å². The Balaban J connectivity index is 2.16. The second-order valence-electron chi connectivity index (χ2n) is 6.52. The number of fused-ring (bicyclic) bond motifs is 1. The summed E-state index contributed by atoms with van der Waals surface area (Å²) in [7, 11) is -7.95. The van der Waals surface area contributed by atoms with Crippen LogP contribution in [0.1, 0.15) is 13.3 Å². The third-order valence-corrected chi connectivity index (χ3v) is 9.61. The molecule has 3 heterocycles. The summed E-state index contributed by atoms with van der Waals surface area (Å²) >= 11 is 0. The fourth-order valence-electron chi connectivity index (χ4n) is 3.45. The number of carbonyl (C=O) groups excluding carboxylic acids is 1. The molecule has 3 rings (SSSR count). The zero-order chi connectivity index (χ0) is 20.5. The van der Waals surface area contributed by atoms with Gasteiger partial charge in [0, 0.05) is 7.05 Å². The van der Waals surface area contributed by atoms with E-state index in [-0.39, 0.29) is 0 Å². The number of aromatic amines is 1. The number of nitrogens with one attached hydrogen (secondary N) is 1. The zero-order valence-electron chi connectivity index (χ0n) is 13.9. The molecule has 2 N–H and O–H groups in total. The molecular weight excluding hydrogens is 408 g/mol. The first-order valence-electron chi connectivity index (χ1n) is 7.41. The minimum absolute atomic E-state index is 0.433. The van der Waals surface area contributed by atoms with Gasteiger partial charge in [-0.05, 0) is 6.92 Å². The van der Waals surface area contributed by atoms with Gasteiger partial charge in [0.2, 0.25) is 20.9 Å². The largest absolute Gasteiger partial charge is 0.480 e. The van der Waals surface area contributed by atoms with E-state index in [1.807, 2.05) is 5.10 Å². The van der Waals surface area contributed by atoms with Gasteiger partial charge in [-0.1, -0.05) is 0 Å². The molecule has 0 aliphatic carbocycles. The maximum absolute atomic E-state index is 12.8. The highest BCUT2D eigenvalue weighted by Gasteiger charge is 2.71. The second-order valence-corrected chi connectivity index (χ2v) is 11.0. The first-order chi connectivity index (χ1) is 12.2. The molecule has 2 saturated heterocycles. The molecule has 148 valence electrons. The number of β-lactam (4-membered cyclic amide) rings is 1. The number of hydrogen-bond donors (Lipinski definition) is 2. The highest BCUT2D eigenvalue weighted by molar-refractivity contribution is 7.96. The van der Waals surface area contributed by atoms with Crippen molar-refractivity contribution in [3.63, 3.8) is 0 Å². The lowest BCUT2D eigenvalue weighted by Gasteiger charge is -2.35.